The van der Waals surface area contributed by atoms with Gasteiger partial charge in [0, 0.05) is 16.0 Å². The van der Waals surface area contributed by atoms with Crippen LogP contribution in [0.2, 0.25) is 5.02 Å². The standard InChI is InChI=1S/C25H24ClIN4O5S/c1-37(34,35)18-4-6-20(22(13-18)36-17-8-10-28-11-9-17)25(33)30-21-12-16(27)3-5-19(21)24(32)31-23-7-2-15(26)14-29-23/h2-7,12-14,17,28H,8-11H2,1H3,(H,30,33)(H,29,31,32). The second-order valence-corrected chi connectivity index (χ2v) is 12.2. The van der Waals surface area contributed by atoms with Crippen molar-refractivity contribution in [2.45, 2.75) is 23.8 Å². The second-order valence-electron chi connectivity index (χ2n) is 8.46. The van der Waals surface area contributed by atoms with Crippen LogP contribution in [0.15, 0.2) is 59.6 Å². The smallest absolute Gasteiger partial charge is 0.259 e. The minimum atomic E-state index is -3.52. The Morgan fingerprint density at radius 3 is 2.41 bits per heavy atom. The second kappa shape index (κ2) is 11.8. The van der Waals surface area contributed by atoms with Crippen LogP contribution < -0.4 is 20.7 Å². The molecule has 0 spiro atoms. The lowest BCUT2D eigenvalue weighted by atomic mass is 10.1. The number of carbonyl (C=O) groups is 2. The lowest BCUT2D eigenvalue weighted by molar-refractivity contribution is 0.101. The topological polar surface area (TPSA) is 126 Å². The summed E-state index contributed by atoms with van der Waals surface area (Å²) in [4.78, 5) is 30.5. The molecule has 0 unspecified atom stereocenters. The van der Waals surface area contributed by atoms with Crippen LogP contribution in [0.25, 0.3) is 0 Å². The van der Waals surface area contributed by atoms with Gasteiger partial charge in [-0.2, -0.15) is 0 Å². The van der Waals surface area contributed by atoms with Gasteiger partial charge in [-0.3, -0.25) is 9.59 Å². The first-order valence-corrected chi connectivity index (χ1v) is 14.7. The summed E-state index contributed by atoms with van der Waals surface area (Å²) in [5, 5.41) is 9.16. The first-order chi connectivity index (χ1) is 17.6. The Balaban J connectivity index is 1.63. The van der Waals surface area contributed by atoms with Gasteiger partial charge in [-0.05, 0) is 97.1 Å². The zero-order chi connectivity index (χ0) is 26.6. The number of hydrogen-bond donors (Lipinski definition) is 3. The predicted octanol–water partition coefficient (Wildman–Crippen LogP) is 4.38. The number of hydrogen-bond acceptors (Lipinski definition) is 7. The molecule has 0 radical (unpaired) electrons. The van der Waals surface area contributed by atoms with Crippen LogP contribution in [0, 0.1) is 3.57 Å². The van der Waals surface area contributed by atoms with E-state index in [-0.39, 0.29) is 33.6 Å². The van der Waals surface area contributed by atoms with Gasteiger partial charge in [-0.1, -0.05) is 11.6 Å². The lowest BCUT2D eigenvalue weighted by Gasteiger charge is -2.25. The number of rotatable bonds is 7. The van der Waals surface area contributed by atoms with Gasteiger partial charge in [0.2, 0.25) is 0 Å². The summed E-state index contributed by atoms with van der Waals surface area (Å²) in [7, 11) is -3.52. The minimum Gasteiger partial charge on any atom is -0.489 e. The molecule has 37 heavy (non-hydrogen) atoms. The van der Waals surface area contributed by atoms with E-state index in [0.717, 1.165) is 35.8 Å². The van der Waals surface area contributed by atoms with Crippen molar-refractivity contribution in [3.05, 3.63) is 74.4 Å². The first-order valence-electron chi connectivity index (χ1n) is 11.4. The van der Waals surface area contributed by atoms with Crippen LogP contribution in [-0.4, -0.2) is 50.7 Å². The van der Waals surface area contributed by atoms with Crippen LogP contribution in [0.3, 0.4) is 0 Å². The molecule has 1 aromatic heterocycles. The highest BCUT2D eigenvalue weighted by molar-refractivity contribution is 14.1. The summed E-state index contributed by atoms with van der Waals surface area (Å²) in [6.45, 7) is 1.53. The number of sulfone groups is 1. The number of ether oxygens (including phenoxy) is 1. The molecule has 12 heteroatoms. The van der Waals surface area contributed by atoms with Gasteiger partial charge in [0.25, 0.3) is 11.8 Å². The van der Waals surface area contributed by atoms with E-state index >= 15 is 0 Å². The zero-order valence-corrected chi connectivity index (χ0v) is 23.5. The van der Waals surface area contributed by atoms with E-state index in [0.29, 0.717) is 10.8 Å². The molecule has 0 atom stereocenters. The van der Waals surface area contributed by atoms with E-state index in [1.807, 2.05) is 0 Å². The SMILES string of the molecule is CS(=O)(=O)c1ccc(C(=O)Nc2cc(I)ccc2C(=O)Nc2ccc(Cl)cn2)c(OC2CCNCC2)c1. The maximum atomic E-state index is 13.4. The number of amides is 2. The first kappa shape index (κ1) is 27.3. The van der Waals surface area contributed by atoms with Crippen molar-refractivity contribution >= 4 is 67.3 Å². The van der Waals surface area contributed by atoms with Gasteiger partial charge >= 0.3 is 0 Å². The molecule has 9 nitrogen and oxygen atoms in total. The lowest BCUT2D eigenvalue weighted by Crippen LogP contribution is -2.34. The van der Waals surface area contributed by atoms with Crippen LogP contribution in [0.5, 0.6) is 5.75 Å². The minimum absolute atomic E-state index is 0.0535. The molecule has 3 N–H and O–H groups in total. The Bertz CT molecular complexity index is 1430. The number of anilines is 2. The number of benzene rings is 2. The summed E-state index contributed by atoms with van der Waals surface area (Å²) in [6, 6.07) is 12.3. The van der Waals surface area contributed by atoms with Crippen molar-refractivity contribution in [1.29, 1.82) is 0 Å². The number of pyridine rings is 1. The van der Waals surface area contributed by atoms with Gasteiger partial charge in [0.1, 0.15) is 17.7 Å². The Labute approximate surface area is 233 Å². The quantitative estimate of drug-likeness (QED) is 0.323. The molecule has 194 valence electrons. The van der Waals surface area contributed by atoms with Gasteiger partial charge in [0.05, 0.1) is 26.7 Å². The van der Waals surface area contributed by atoms with Crippen LogP contribution >= 0.6 is 34.2 Å². The fraction of sp³-hybridized carbons (Fsp3) is 0.240. The van der Waals surface area contributed by atoms with Crippen LogP contribution in [0.1, 0.15) is 33.6 Å². The fourth-order valence-electron chi connectivity index (χ4n) is 3.75. The van der Waals surface area contributed by atoms with Gasteiger partial charge in [-0.25, -0.2) is 13.4 Å². The van der Waals surface area contributed by atoms with E-state index in [2.05, 4.69) is 43.5 Å². The van der Waals surface area contributed by atoms with Crippen molar-refractivity contribution < 1.29 is 22.7 Å². The van der Waals surface area contributed by atoms with Crippen molar-refractivity contribution in [1.82, 2.24) is 10.3 Å². The molecule has 3 aromatic rings. The molecule has 0 saturated carbocycles. The number of nitrogens with one attached hydrogen (secondary N) is 3. The van der Waals surface area contributed by atoms with Crippen molar-refractivity contribution in [3.63, 3.8) is 0 Å². The Morgan fingerprint density at radius 2 is 1.73 bits per heavy atom. The molecular formula is C25H24ClIN4O5S. The molecule has 1 saturated heterocycles. The summed E-state index contributed by atoms with van der Waals surface area (Å²) in [5.74, 6) is -0.529. The number of piperidine rings is 1. The van der Waals surface area contributed by atoms with Gasteiger partial charge in [-0.15, -0.1) is 0 Å². The summed E-state index contributed by atoms with van der Waals surface area (Å²) in [6.07, 6.45) is 3.81. The molecule has 4 rings (SSSR count). The predicted molar refractivity (Wildman–Crippen MR) is 150 cm³/mol. The fourth-order valence-corrected chi connectivity index (χ4v) is 4.99. The maximum Gasteiger partial charge on any atom is 0.259 e. The molecule has 2 heterocycles. The normalized spacial score (nSPS) is 14.1. The molecule has 0 bridgehead atoms. The monoisotopic (exact) mass is 654 g/mol. The van der Waals surface area contributed by atoms with E-state index in [1.165, 1.54) is 24.4 Å². The third kappa shape index (κ3) is 7.18. The highest BCUT2D eigenvalue weighted by Crippen LogP contribution is 2.28. The Morgan fingerprint density at radius 1 is 1.03 bits per heavy atom. The number of carbonyl (C=O) groups excluding carboxylic acids is 2. The number of halogens is 2. The van der Waals surface area contributed by atoms with Crippen LogP contribution in [0.4, 0.5) is 11.5 Å². The van der Waals surface area contributed by atoms with Gasteiger partial charge in [0.15, 0.2) is 9.84 Å². The van der Waals surface area contributed by atoms with Crippen molar-refractivity contribution in [3.8, 4) is 5.75 Å². The molecule has 2 aromatic carbocycles. The number of aromatic nitrogens is 1. The molecular weight excluding hydrogens is 631 g/mol. The van der Waals surface area contributed by atoms with E-state index < -0.39 is 21.7 Å². The summed E-state index contributed by atoms with van der Waals surface area (Å²) < 4.78 is 31.2. The van der Waals surface area contributed by atoms with Crippen molar-refractivity contribution in [2.24, 2.45) is 0 Å². The maximum absolute atomic E-state index is 13.4. The van der Waals surface area contributed by atoms with Crippen molar-refractivity contribution in [2.75, 3.05) is 30.0 Å². The van der Waals surface area contributed by atoms with E-state index in [4.69, 9.17) is 16.3 Å². The molecule has 2 amide bonds. The van der Waals surface area contributed by atoms with E-state index in [9.17, 15) is 18.0 Å². The highest BCUT2D eigenvalue weighted by Gasteiger charge is 2.23. The molecule has 1 aliphatic heterocycles. The zero-order valence-electron chi connectivity index (χ0n) is 19.8. The highest BCUT2D eigenvalue weighted by atomic mass is 127. The summed E-state index contributed by atoms with van der Waals surface area (Å²) in [5.41, 5.74) is 0.665. The molecule has 1 fully saturated rings. The van der Waals surface area contributed by atoms with Crippen LogP contribution in [-0.2, 0) is 9.84 Å². The third-order valence-corrected chi connectivity index (χ3v) is 7.65. The molecule has 1 aliphatic rings. The average molecular weight is 655 g/mol. The van der Waals surface area contributed by atoms with Gasteiger partial charge < -0.3 is 20.7 Å². The Kier molecular flexibility index (Phi) is 8.67. The molecule has 0 aliphatic carbocycles. The number of nitrogens with zero attached hydrogens (tertiary/aromatic N) is 1. The summed E-state index contributed by atoms with van der Waals surface area (Å²) >= 11 is 7.95. The third-order valence-electron chi connectivity index (χ3n) is 5.65. The largest absolute Gasteiger partial charge is 0.489 e. The average Bonchev–Trinajstić information content (AvgIpc) is 2.85. The van der Waals surface area contributed by atoms with E-state index in [1.54, 1.807) is 30.3 Å². The Hall–Kier alpha value is -2.74.